The van der Waals surface area contributed by atoms with Gasteiger partial charge in [-0.15, -0.1) is 0 Å². The first-order valence-corrected chi connectivity index (χ1v) is 10.3. The molecule has 0 aliphatic rings. The Balaban J connectivity index is 1.83. The molecule has 156 valence electrons. The van der Waals surface area contributed by atoms with Crippen molar-refractivity contribution in [2.75, 3.05) is 18.9 Å². The molecule has 2 N–H and O–H groups in total. The number of hydrogen-bond acceptors (Lipinski definition) is 6. The van der Waals surface area contributed by atoms with Crippen molar-refractivity contribution in [1.82, 2.24) is 4.98 Å². The Labute approximate surface area is 174 Å². The Hall–Kier alpha value is -3.59. The van der Waals surface area contributed by atoms with Crippen LogP contribution < -0.4 is 14.2 Å². The molecule has 0 aliphatic heterocycles. The molecule has 2 aromatic carbocycles. The topological polar surface area (TPSA) is 115 Å². The highest BCUT2D eigenvalue weighted by Crippen LogP contribution is 2.29. The predicted molar refractivity (Wildman–Crippen MR) is 111 cm³/mol. The van der Waals surface area contributed by atoms with Gasteiger partial charge in [0.25, 0.3) is 10.0 Å². The van der Waals surface area contributed by atoms with E-state index in [2.05, 4.69) is 9.71 Å². The Kier molecular flexibility index (Phi) is 6.22. The first kappa shape index (κ1) is 21.1. The summed E-state index contributed by atoms with van der Waals surface area (Å²) in [6.07, 6.45) is 3.49. The lowest BCUT2D eigenvalue weighted by molar-refractivity contribution is 0.0697. The molecule has 1 heterocycles. The van der Waals surface area contributed by atoms with Crippen LogP contribution in [-0.2, 0) is 16.4 Å². The minimum Gasteiger partial charge on any atom is -0.497 e. The van der Waals surface area contributed by atoms with Gasteiger partial charge < -0.3 is 14.6 Å². The fourth-order valence-corrected chi connectivity index (χ4v) is 4.06. The number of aromatic nitrogens is 1. The predicted octanol–water partition coefficient (Wildman–Crippen LogP) is 3.19. The highest BCUT2D eigenvalue weighted by atomic mass is 32.2. The first-order chi connectivity index (χ1) is 14.3. The highest BCUT2D eigenvalue weighted by molar-refractivity contribution is 7.92. The SMILES string of the molecule is COc1ccc(OC)c(S(=O)(=O)Nc2cncc(Cc3ccc(C(=O)O)cc3)c2)c1. The molecular weight excluding hydrogens is 408 g/mol. The molecule has 0 saturated carbocycles. The van der Waals surface area contributed by atoms with Crippen LogP contribution in [0.15, 0.2) is 65.8 Å². The molecule has 0 saturated heterocycles. The summed E-state index contributed by atoms with van der Waals surface area (Å²) in [6.45, 7) is 0. The number of nitrogens with one attached hydrogen (secondary N) is 1. The molecule has 9 heteroatoms. The summed E-state index contributed by atoms with van der Waals surface area (Å²) in [7, 11) is -1.12. The van der Waals surface area contributed by atoms with Crippen LogP contribution >= 0.6 is 0 Å². The van der Waals surface area contributed by atoms with Crippen LogP contribution in [0.25, 0.3) is 0 Å². The van der Waals surface area contributed by atoms with Gasteiger partial charge in [0.05, 0.1) is 31.7 Å². The number of anilines is 1. The molecule has 0 bridgehead atoms. The normalized spacial score (nSPS) is 11.0. The third-order valence-electron chi connectivity index (χ3n) is 4.32. The molecule has 1 aromatic heterocycles. The van der Waals surface area contributed by atoms with Crippen LogP contribution in [0.4, 0.5) is 5.69 Å². The molecule has 3 aromatic rings. The van der Waals surface area contributed by atoms with Crippen LogP contribution in [-0.4, -0.2) is 38.7 Å². The number of pyridine rings is 1. The zero-order chi connectivity index (χ0) is 21.7. The molecule has 0 atom stereocenters. The number of ether oxygens (including phenoxy) is 2. The fourth-order valence-electron chi connectivity index (χ4n) is 2.85. The van der Waals surface area contributed by atoms with Crippen molar-refractivity contribution in [3.8, 4) is 11.5 Å². The number of aromatic carboxylic acids is 1. The van der Waals surface area contributed by atoms with E-state index in [1.807, 2.05) is 0 Å². The van der Waals surface area contributed by atoms with Gasteiger partial charge >= 0.3 is 5.97 Å². The van der Waals surface area contributed by atoms with E-state index >= 15 is 0 Å². The number of carboxylic acid groups (broad SMARTS) is 1. The maximum absolute atomic E-state index is 12.9. The number of sulfonamides is 1. The van der Waals surface area contributed by atoms with E-state index in [-0.39, 0.29) is 16.2 Å². The van der Waals surface area contributed by atoms with Crippen molar-refractivity contribution >= 4 is 21.7 Å². The number of carbonyl (C=O) groups is 1. The lowest BCUT2D eigenvalue weighted by Gasteiger charge is -2.13. The zero-order valence-electron chi connectivity index (χ0n) is 16.3. The van der Waals surface area contributed by atoms with Gasteiger partial charge in [0.15, 0.2) is 0 Å². The second-order valence-electron chi connectivity index (χ2n) is 6.38. The number of benzene rings is 2. The van der Waals surface area contributed by atoms with E-state index in [0.717, 1.165) is 11.1 Å². The van der Waals surface area contributed by atoms with Crippen molar-refractivity contribution in [2.45, 2.75) is 11.3 Å². The third-order valence-corrected chi connectivity index (χ3v) is 5.72. The van der Waals surface area contributed by atoms with E-state index in [1.54, 1.807) is 30.5 Å². The van der Waals surface area contributed by atoms with Gasteiger partial charge in [-0.05, 0) is 47.9 Å². The average molecular weight is 428 g/mol. The maximum atomic E-state index is 12.9. The summed E-state index contributed by atoms with van der Waals surface area (Å²) in [6, 6.07) is 12.6. The van der Waals surface area contributed by atoms with Crippen molar-refractivity contribution < 1.29 is 27.8 Å². The quantitative estimate of drug-likeness (QED) is 0.566. The highest BCUT2D eigenvalue weighted by Gasteiger charge is 2.21. The van der Waals surface area contributed by atoms with Crippen molar-refractivity contribution in [2.24, 2.45) is 0 Å². The monoisotopic (exact) mass is 428 g/mol. The fraction of sp³-hybridized carbons (Fsp3) is 0.143. The number of nitrogens with zero attached hydrogens (tertiary/aromatic N) is 1. The number of hydrogen-bond donors (Lipinski definition) is 2. The largest absolute Gasteiger partial charge is 0.497 e. The molecule has 30 heavy (non-hydrogen) atoms. The average Bonchev–Trinajstić information content (AvgIpc) is 2.73. The molecule has 0 unspecified atom stereocenters. The first-order valence-electron chi connectivity index (χ1n) is 8.83. The summed E-state index contributed by atoms with van der Waals surface area (Å²) in [5.74, 6) is -0.425. The summed E-state index contributed by atoms with van der Waals surface area (Å²) < 4.78 is 38.6. The second-order valence-corrected chi connectivity index (χ2v) is 8.03. The maximum Gasteiger partial charge on any atom is 0.335 e. The molecule has 0 radical (unpaired) electrons. The Morgan fingerprint density at radius 2 is 1.73 bits per heavy atom. The van der Waals surface area contributed by atoms with E-state index in [1.165, 1.54) is 44.7 Å². The summed E-state index contributed by atoms with van der Waals surface area (Å²) in [5, 5.41) is 8.98. The third kappa shape index (κ3) is 4.87. The summed E-state index contributed by atoms with van der Waals surface area (Å²) in [4.78, 5) is 15.0. The minimum absolute atomic E-state index is 0.0565. The van der Waals surface area contributed by atoms with Crippen LogP contribution in [0.5, 0.6) is 11.5 Å². The summed E-state index contributed by atoms with van der Waals surface area (Å²) >= 11 is 0. The van der Waals surface area contributed by atoms with Gasteiger partial charge in [-0.25, -0.2) is 13.2 Å². The molecule has 0 fully saturated rings. The Morgan fingerprint density at radius 3 is 2.37 bits per heavy atom. The second kappa shape index (κ2) is 8.83. The van der Waals surface area contributed by atoms with E-state index < -0.39 is 16.0 Å². The lowest BCUT2D eigenvalue weighted by atomic mass is 10.0. The van der Waals surface area contributed by atoms with Gasteiger partial charge in [-0.1, -0.05) is 12.1 Å². The number of carboxylic acids is 1. The summed E-state index contributed by atoms with van der Waals surface area (Å²) in [5.41, 5.74) is 2.12. The van der Waals surface area contributed by atoms with E-state index in [9.17, 15) is 13.2 Å². The van der Waals surface area contributed by atoms with Crippen LogP contribution in [0.1, 0.15) is 21.5 Å². The van der Waals surface area contributed by atoms with Gasteiger partial charge in [-0.3, -0.25) is 9.71 Å². The molecular formula is C21H20N2O6S. The molecule has 0 spiro atoms. The Bertz CT molecular complexity index is 1160. The van der Waals surface area contributed by atoms with E-state index in [4.69, 9.17) is 14.6 Å². The lowest BCUT2D eigenvalue weighted by Crippen LogP contribution is -2.14. The minimum atomic E-state index is -3.95. The van der Waals surface area contributed by atoms with Gasteiger partial charge in [0, 0.05) is 12.3 Å². The van der Waals surface area contributed by atoms with Crippen LogP contribution in [0, 0.1) is 0 Å². The molecule has 0 amide bonds. The number of methoxy groups -OCH3 is 2. The standard InChI is InChI=1S/C21H20N2O6S/c1-28-18-7-8-19(29-2)20(11-18)30(26,27)23-17-10-15(12-22-13-17)9-14-3-5-16(6-4-14)21(24)25/h3-8,10-13,23H,9H2,1-2H3,(H,24,25). The van der Waals surface area contributed by atoms with Crippen molar-refractivity contribution in [3.63, 3.8) is 0 Å². The van der Waals surface area contributed by atoms with Crippen molar-refractivity contribution in [3.05, 3.63) is 77.6 Å². The molecule has 3 rings (SSSR count). The van der Waals surface area contributed by atoms with E-state index in [0.29, 0.717) is 17.9 Å². The molecule has 0 aliphatic carbocycles. The van der Waals surface area contributed by atoms with Gasteiger partial charge in [0.2, 0.25) is 0 Å². The Morgan fingerprint density at radius 1 is 1.00 bits per heavy atom. The zero-order valence-corrected chi connectivity index (χ0v) is 17.1. The van der Waals surface area contributed by atoms with Gasteiger partial charge in [0.1, 0.15) is 16.4 Å². The van der Waals surface area contributed by atoms with Crippen LogP contribution in [0.3, 0.4) is 0 Å². The number of rotatable bonds is 8. The van der Waals surface area contributed by atoms with Crippen LogP contribution in [0.2, 0.25) is 0 Å². The molecule has 8 nitrogen and oxygen atoms in total. The smallest absolute Gasteiger partial charge is 0.335 e. The van der Waals surface area contributed by atoms with Crippen molar-refractivity contribution in [1.29, 1.82) is 0 Å². The van der Waals surface area contributed by atoms with Gasteiger partial charge in [-0.2, -0.15) is 0 Å².